The fourth-order valence-electron chi connectivity index (χ4n) is 1.74. The molecule has 2 N–H and O–H groups in total. The maximum atomic E-state index is 11.7. The Bertz CT molecular complexity index is 211. The summed E-state index contributed by atoms with van der Waals surface area (Å²) in [5, 5.41) is 5.95. The molecule has 0 spiro atoms. The molecule has 1 atom stereocenters. The van der Waals surface area contributed by atoms with Gasteiger partial charge in [0.05, 0.1) is 6.61 Å². The van der Waals surface area contributed by atoms with Gasteiger partial charge < -0.3 is 15.4 Å². The minimum absolute atomic E-state index is 0.0225. The van der Waals surface area contributed by atoms with Crippen molar-refractivity contribution in [3.63, 3.8) is 0 Å². The lowest BCUT2D eigenvalue weighted by Gasteiger charge is -2.31. The monoisotopic (exact) mass is 229 g/mol. The predicted octanol–water partition coefficient (Wildman–Crippen LogP) is -0.567. The predicted molar refractivity (Wildman–Crippen MR) is 63.4 cm³/mol. The molecule has 5 heteroatoms. The van der Waals surface area contributed by atoms with Crippen LogP contribution in [0.5, 0.6) is 0 Å². The van der Waals surface area contributed by atoms with E-state index in [4.69, 9.17) is 4.74 Å². The summed E-state index contributed by atoms with van der Waals surface area (Å²) in [7, 11) is 1.91. The van der Waals surface area contributed by atoms with Gasteiger partial charge in [0.2, 0.25) is 5.91 Å². The molecule has 0 aromatic heterocycles. The second-order valence-corrected chi connectivity index (χ2v) is 4.00. The molecule has 16 heavy (non-hydrogen) atoms. The molecule has 5 nitrogen and oxygen atoms in total. The summed E-state index contributed by atoms with van der Waals surface area (Å²) in [5.41, 5.74) is 0. The number of ether oxygens (including phenoxy) is 1. The van der Waals surface area contributed by atoms with Gasteiger partial charge >= 0.3 is 0 Å². The number of carbonyl (C=O) groups is 1. The second kappa shape index (κ2) is 7.60. The van der Waals surface area contributed by atoms with E-state index in [1.165, 1.54) is 0 Å². The highest BCUT2D eigenvalue weighted by Crippen LogP contribution is 2.04. The minimum Gasteiger partial charge on any atom is -0.366 e. The first-order chi connectivity index (χ1) is 7.77. The third-order valence-corrected chi connectivity index (χ3v) is 2.79. The molecule has 1 heterocycles. The molecule has 0 saturated carbocycles. The van der Waals surface area contributed by atoms with Crippen molar-refractivity contribution in [1.82, 2.24) is 15.5 Å². The van der Waals surface area contributed by atoms with E-state index in [-0.39, 0.29) is 12.0 Å². The zero-order valence-corrected chi connectivity index (χ0v) is 10.3. The Morgan fingerprint density at radius 1 is 1.50 bits per heavy atom. The van der Waals surface area contributed by atoms with Gasteiger partial charge in [-0.1, -0.05) is 6.92 Å². The molecule has 1 amide bonds. The lowest BCUT2D eigenvalue weighted by molar-refractivity contribution is -0.138. The average molecular weight is 229 g/mol. The van der Waals surface area contributed by atoms with Gasteiger partial charge in [0, 0.05) is 19.6 Å². The topological polar surface area (TPSA) is 53.6 Å². The van der Waals surface area contributed by atoms with E-state index < -0.39 is 0 Å². The summed E-state index contributed by atoms with van der Waals surface area (Å²) in [5.74, 6) is 0.0225. The van der Waals surface area contributed by atoms with Crippen LogP contribution < -0.4 is 10.6 Å². The molecule has 0 aromatic carbocycles. The van der Waals surface area contributed by atoms with Gasteiger partial charge in [-0.15, -0.1) is 0 Å². The zero-order valence-electron chi connectivity index (χ0n) is 10.3. The average Bonchev–Trinajstić information content (AvgIpc) is 2.34. The number of nitrogens with zero attached hydrogens (tertiary/aromatic N) is 1. The maximum absolute atomic E-state index is 11.7. The van der Waals surface area contributed by atoms with Crippen molar-refractivity contribution in [1.29, 1.82) is 0 Å². The highest BCUT2D eigenvalue weighted by atomic mass is 16.5. The zero-order chi connectivity index (χ0) is 11.8. The van der Waals surface area contributed by atoms with Crippen LogP contribution in [0.25, 0.3) is 0 Å². The summed E-state index contributed by atoms with van der Waals surface area (Å²) in [4.78, 5) is 14.0. The first kappa shape index (κ1) is 13.4. The fourth-order valence-corrected chi connectivity index (χ4v) is 1.74. The highest BCUT2D eigenvalue weighted by Gasteiger charge is 2.25. The Labute approximate surface area is 97.5 Å². The SMILES string of the molecule is CCN1CCOC(C(=O)NCCCNC)C1. The summed E-state index contributed by atoms with van der Waals surface area (Å²) in [6.07, 6.45) is 0.662. The minimum atomic E-state index is -0.289. The molecule has 0 aromatic rings. The van der Waals surface area contributed by atoms with Crippen LogP contribution in [0.2, 0.25) is 0 Å². The van der Waals surface area contributed by atoms with Crippen molar-refractivity contribution in [3.8, 4) is 0 Å². The van der Waals surface area contributed by atoms with E-state index >= 15 is 0 Å². The molecule has 1 fully saturated rings. The molecule has 94 valence electrons. The van der Waals surface area contributed by atoms with E-state index in [0.29, 0.717) is 19.7 Å². The Morgan fingerprint density at radius 3 is 3.00 bits per heavy atom. The van der Waals surface area contributed by atoms with Gasteiger partial charge in [-0.2, -0.15) is 0 Å². The van der Waals surface area contributed by atoms with Gasteiger partial charge in [-0.25, -0.2) is 0 Å². The van der Waals surface area contributed by atoms with Crippen molar-refractivity contribution >= 4 is 5.91 Å². The number of carbonyl (C=O) groups excluding carboxylic acids is 1. The highest BCUT2D eigenvalue weighted by molar-refractivity contribution is 5.81. The van der Waals surface area contributed by atoms with E-state index in [1.54, 1.807) is 0 Å². The smallest absolute Gasteiger partial charge is 0.250 e. The summed E-state index contributed by atoms with van der Waals surface area (Å²) >= 11 is 0. The van der Waals surface area contributed by atoms with E-state index in [2.05, 4.69) is 22.5 Å². The first-order valence-electron chi connectivity index (χ1n) is 6.04. The number of rotatable bonds is 6. The van der Waals surface area contributed by atoms with Crippen molar-refractivity contribution in [2.75, 3.05) is 46.4 Å². The van der Waals surface area contributed by atoms with Gasteiger partial charge in [-0.3, -0.25) is 9.69 Å². The third-order valence-electron chi connectivity index (χ3n) is 2.79. The molecule has 1 rings (SSSR count). The number of amides is 1. The Kier molecular flexibility index (Phi) is 6.37. The number of likely N-dealkylation sites (N-methyl/N-ethyl adjacent to an activating group) is 1. The lowest BCUT2D eigenvalue weighted by Crippen LogP contribution is -2.49. The summed E-state index contributed by atoms with van der Waals surface area (Å²) in [6.45, 7) is 7.02. The van der Waals surface area contributed by atoms with E-state index in [0.717, 1.165) is 26.1 Å². The maximum Gasteiger partial charge on any atom is 0.250 e. The molecule has 0 bridgehead atoms. The molecule has 1 aliphatic rings. The number of hydrogen-bond donors (Lipinski definition) is 2. The van der Waals surface area contributed by atoms with Gasteiger partial charge in [-0.05, 0) is 26.6 Å². The lowest BCUT2D eigenvalue weighted by atomic mass is 10.2. The molecule has 1 saturated heterocycles. The summed E-state index contributed by atoms with van der Waals surface area (Å²) < 4.78 is 5.46. The van der Waals surface area contributed by atoms with Crippen LogP contribution in [0, 0.1) is 0 Å². The standard InChI is InChI=1S/C11H23N3O2/c1-3-14-7-8-16-10(9-14)11(15)13-6-4-5-12-2/h10,12H,3-9H2,1-2H3,(H,13,15). The van der Waals surface area contributed by atoms with Crippen molar-refractivity contribution in [3.05, 3.63) is 0 Å². The van der Waals surface area contributed by atoms with Crippen LogP contribution in [0.15, 0.2) is 0 Å². The van der Waals surface area contributed by atoms with Crippen molar-refractivity contribution in [2.45, 2.75) is 19.4 Å². The largest absolute Gasteiger partial charge is 0.366 e. The molecule has 1 aliphatic heterocycles. The van der Waals surface area contributed by atoms with Crippen LogP contribution in [-0.4, -0.2) is 63.3 Å². The van der Waals surface area contributed by atoms with Crippen molar-refractivity contribution in [2.24, 2.45) is 0 Å². The first-order valence-corrected chi connectivity index (χ1v) is 6.04. The van der Waals surface area contributed by atoms with E-state index in [9.17, 15) is 4.79 Å². The van der Waals surface area contributed by atoms with Crippen LogP contribution in [0.4, 0.5) is 0 Å². The summed E-state index contributed by atoms with van der Waals surface area (Å²) in [6, 6.07) is 0. The van der Waals surface area contributed by atoms with Gasteiger partial charge in [0.25, 0.3) is 0 Å². The second-order valence-electron chi connectivity index (χ2n) is 4.00. The molecular formula is C11H23N3O2. The van der Waals surface area contributed by atoms with Crippen LogP contribution >= 0.6 is 0 Å². The Morgan fingerprint density at radius 2 is 2.31 bits per heavy atom. The quantitative estimate of drug-likeness (QED) is 0.599. The third kappa shape index (κ3) is 4.47. The Hall–Kier alpha value is -0.650. The van der Waals surface area contributed by atoms with Crippen LogP contribution in [0.3, 0.4) is 0 Å². The van der Waals surface area contributed by atoms with Gasteiger partial charge in [0.15, 0.2) is 0 Å². The molecule has 0 radical (unpaired) electrons. The van der Waals surface area contributed by atoms with E-state index in [1.807, 2.05) is 7.05 Å². The number of nitrogens with one attached hydrogen (secondary N) is 2. The normalized spacial score (nSPS) is 22.0. The van der Waals surface area contributed by atoms with Gasteiger partial charge in [0.1, 0.15) is 6.10 Å². The van der Waals surface area contributed by atoms with Crippen LogP contribution in [0.1, 0.15) is 13.3 Å². The fraction of sp³-hybridized carbons (Fsp3) is 0.909. The molecular weight excluding hydrogens is 206 g/mol. The molecule has 1 unspecified atom stereocenters. The van der Waals surface area contributed by atoms with Crippen LogP contribution in [-0.2, 0) is 9.53 Å². The Balaban J connectivity index is 2.19. The number of morpholine rings is 1. The molecule has 0 aliphatic carbocycles. The number of hydrogen-bond acceptors (Lipinski definition) is 4. The van der Waals surface area contributed by atoms with Crippen molar-refractivity contribution < 1.29 is 9.53 Å².